The van der Waals surface area contributed by atoms with E-state index in [9.17, 15) is 4.79 Å². The highest BCUT2D eigenvalue weighted by atomic mass is 16.7. The molecule has 0 spiro atoms. The summed E-state index contributed by atoms with van der Waals surface area (Å²) in [5.74, 6) is 3.35. The molecule has 2 aliphatic rings. The summed E-state index contributed by atoms with van der Waals surface area (Å²) in [7, 11) is 0. The predicted molar refractivity (Wildman–Crippen MR) is 138 cm³/mol. The maximum Gasteiger partial charge on any atom is 0.231 e. The zero-order valence-corrected chi connectivity index (χ0v) is 20.6. The molecule has 3 heterocycles. The van der Waals surface area contributed by atoms with Gasteiger partial charge in [0.05, 0.1) is 17.6 Å². The number of hydrogen-bond acceptors (Lipinski definition) is 5. The molecule has 1 fully saturated rings. The molecule has 4 aromatic rings. The van der Waals surface area contributed by atoms with Gasteiger partial charge in [-0.2, -0.15) is 0 Å². The summed E-state index contributed by atoms with van der Waals surface area (Å²) in [6.45, 7) is 6.39. The molecule has 36 heavy (non-hydrogen) atoms. The van der Waals surface area contributed by atoms with Crippen molar-refractivity contribution in [3.63, 3.8) is 0 Å². The Bertz CT molecular complexity index is 1440. The normalized spacial score (nSPS) is 16.8. The smallest absolute Gasteiger partial charge is 0.231 e. The zero-order valence-electron chi connectivity index (χ0n) is 20.6. The van der Waals surface area contributed by atoms with Crippen LogP contribution in [0.5, 0.6) is 17.2 Å². The number of aromatic nitrogens is 2. The van der Waals surface area contributed by atoms with Gasteiger partial charge in [0.25, 0.3) is 0 Å². The minimum atomic E-state index is 0.0102. The molecule has 0 radical (unpaired) electrons. The highest BCUT2D eigenvalue weighted by Crippen LogP contribution is 2.39. The molecular formula is C29H29N3O4. The van der Waals surface area contributed by atoms with E-state index in [1.165, 1.54) is 11.1 Å². The van der Waals surface area contributed by atoms with Crippen molar-refractivity contribution in [3.8, 4) is 17.2 Å². The molecule has 0 aliphatic carbocycles. The fraction of sp³-hybridized carbons (Fsp3) is 0.310. The number of benzene rings is 3. The first kappa shape index (κ1) is 22.5. The van der Waals surface area contributed by atoms with Crippen molar-refractivity contribution < 1.29 is 19.0 Å². The van der Waals surface area contributed by atoms with Gasteiger partial charge in [0, 0.05) is 37.2 Å². The standard InChI is InChI=1S/C29H29N3O4/c1-19-8-10-23(14-20(19)2)34-13-5-12-31-25-7-4-3-6-24(25)30-29(31)21-15-28(33)32(17-21)22-9-11-26-27(16-22)36-18-35-26/h3-4,6-11,14,16,21H,5,12-13,15,17-18H2,1-2H3. The van der Waals surface area contributed by atoms with Crippen LogP contribution in [0.25, 0.3) is 11.0 Å². The molecule has 2 aliphatic heterocycles. The number of hydrogen-bond donors (Lipinski definition) is 0. The first-order valence-corrected chi connectivity index (χ1v) is 12.4. The van der Waals surface area contributed by atoms with Gasteiger partial charge >= 0.3 is 0 Å². The Morgan fingerprint density at radius 1 is 1.00 bits per heavy atom. The van der Waals surface area contributed by atoms with E-state index in [1.54, 1.807) is 0 Å². The maximum absolute atomic E-state index is 13.1. The Kier molecular flexibility index (Phi) is 5.76. The molecule has 1 aromatic heterocycles. The second-order valence-electron chi connectivity index (χ2n) is 9.50. The number of para-hydroxylation sites is 2. The third-order valence-corrected chi connectivity index (χ3v) is 7.12. The molecular weight excluding hydrogens is 454 g/mol. The number of ether oxygens (including phenoxy) is 3. The van der Waals surface area contributed by atoms with Gasteiger partial charge in [-0.05, 0) is 67.8 Å². The van der Waals surface area contributed by atoms with Crippen LogP contribution in [-0.2, 0) is 11.3 Å². The lowest BCUT2D eigenvalue weighted by atomic mass is 10.1. The Hall–Kier alpha value is -4.00. The Balaban J connectivity index is 1.20. The van der Waals surface area contributed by atoms with Gasteiger partial charge in [0.2, 0.25) is 12.7 Å². The van der Waals surface area contributed by atoms with E-state index in [0.717, 1.165) is 41.3 Å². The molecule has 1 saturated heterocycles. The Morgan fingerprint density at radius 2 is 1.86 bits per heavy atom. The van der Waals surface area contributed by atoms with E-state index in [2.05, 4.69) is 36.6 Å². The minimum absolute atomic E-state index is 0.0102. The highest BCUT2D eigenvalue weighted by molar-refractivity contribution is 5.97. The van der Waals surface area contributed by atoms with E-state index in [0.29, 0.717) is 31.1 Å². The number of anilines is 1. The van der Waals surface area contributed by atoms with Crippen LogP contribution in [-0.4, -0.2) is 35.4 Å². The fourth-order valence-electron chi connectivity index (χ4n) is 5.04. The number of fused-ring (bicyclic) bond motifs is 2. The summed E-state index contributed by atoms with van der Waals surface area (Å²) in [4.78, 5) is 19.9. The quantitative estimate of drug-likeness (QED) is 0.331. The number of rotatable bonds is 7. The van der Waals surface area contributed by atoms with Gasteiger partial charge in [-0.25, -0.2) is 4.98 Å². The van der Waals surface area contributed by atoms with E-state index in [-0.39, 0.29) is 18.6 Å². The lowest BCUT2D eigenvalue weighted by molar-refractivity contribution is -0.117. The lowest BCUT2D eigenvalue weighted by Gasteiger charge is -2.18. The Labute approximate surface area is 210 Å². The average Bonchev–Trinajstić information content (AvgIpc) is 3.60. The molecule has 3 aromatic carbocycles. The van der Waals surface area contributed by atoms with Crippen LogP contribution in [0.2, 0.25) is 0 Å². The first-order chi connectivity index (χ1) is 17.6. The lowest BCUT2D eigenvalue weighted by Crippen LogP contribution is -2.24. The van der Waals surface area contributed by atoms with Crippen molar-refractivity contribution in [2.24, 2.45) is 0 Å². The first-order valence-electron chi connectivity index (χ1n) is 12.4. The number of imidazole rings is 1. The second kappa shape index (κ2) is 9.22. The van der Waals surface area contributed by atoms with E-state index >= 15 is 0 Å². The summed E-state index contributed by atoms with van der Waals surface area (Å²) < 4.78 is 19.2. The Morgan fingerprint density at radius 3 is 2.75 bits per heavy atom. The summed E-state index contributed by atoms with van der Waals surface area (Å²) in [5, 5.41) is 0. The topological polar surface area (TPSA) is 65.8 Å². The molecule has 6 rings (SSSR count). The van der Waals surface area contributed by atoms with Crippen LogP contribution in [0.1, 0.15) is 35.7 Å². The summed E-state index contributed by atoms with van der Waals surface area (Å²) in [6.07, 6.45) is 1.27. The summed E-state index contributed by atoms with van der Waals surface area (Å²) >= 11 is 0. The molecule has 0 saturated carbocycles. The largest absolute Gasteiger partial charge is 0.494 e. The SMILES string of the molecule is Cc1ccc(OCCCn2c(C3CC(=O)N(c4ccc5c(c4)OCO5)C3)nc3ccccc32)cc1C. The van der Waals surface area contributed by atoms with Crippen LogP contribution in [0, 0.1) is 13.8 Å². The van der Waals surface area contributed by atoms with Crippen molar-refractivity contribution in [1.29, 1.82) is 0 Å². The average molecular weight is 484 g/mol. The van der Waals surface area contributed by atoms with Crippen LogP contribution in [0.4, 0.5) is 5.69 Å². The van der Waals surface area contributed by atoms with Crippen LogP contribution >= 0.6 is 0 Å². The molecule has 0 N–H and O–H groups in total. The molecule has 7 heteroatoms. The molecule has 1 unspecified atom stereocenters. The van der Waals surface area contributed by atoms with Crippen molar-refractivity contribution in [3.05, 3.63) is 77.6 Å². The number of amides is 1. The third kappa shape index (κ3) is 4.15. The van der Waals surface area contributed by atoms with Gasteiger partial charge in [-0.15, -0.1) is 0 Å². The van der Waals surface area contributed by atoms with Crippen molar-refractivity contribution in [2.75, 3.05) is 24.8 Å². The van der Waals surface area contributed by atoms with Crippen LogP contribution < -0.4 is 19.1 Å². The van der Waals surface area contributed by atoms with Gasteiger partial charge < -0.3 is 23.7 Å². The van der Waals surface area contributed by atoms with Gasteiger partial charge in [-0.1, -0.05) is 18.2 Å². The van der Waals surface area contributed by atoms with E-state index in [1.807, 2.05) is 47.4 Å². The number of nitrogens with zero attached hydrogens (tertiary/aromatic N) is 3. The van der Waals surface area contributed by atoms with Crippen LogP contribution in [0.3, 0.4) is 0 Å². The fourth-order valence-corrected chi connectivity index (χ4v) is 5.04. The molecule has 184 valence electrons. The van der Waals surface area contributed by atoms with Gasteiger partial charge in [0.15, 0.2) is 11.5 Å². The highest BCUT2D eigenvalue weighted by Gasteiger charge is 2.35. The molecule has 1 atom stereocenters. The van der Waals surface area contributed by atoms with E-state index in [4.69, 9.17) is 19.2 Å². The molecule has 0 bridgehead atoms. The second-order valence-corrected chi connectivity index (χ2v) is 9.50. The monoisotopic (exact) mass is 483 g/mol. The maximum atomic E-state index is 13.1. The summed E-state index contributed by atoms with van der Waals surface area (Å²) in [6, 6.07) is 20.0. The van der Waals surface area contributed by atoms with Crippen molar-refractivity contribution >= 4 is 22.6 Å². The van der Waals surface area contributed by atoms with Gasteiger partial charge in [-0.3, -0.25) is 4.79 Å². The van der Waals surface area contributed by atoms with Crippen LogP contribution in [0.15, 0.2) is 60.7 Å². The van der Waals surface area contributed by atoms with Crippen molar-refractivity contribution in [1.82, 2.24) is 9.55 Å². The number of carbonyl (C=O) groups is 1. The number of carbonyl (C=O) groups excluding carboxylic acids is 1. The predicted octanol–water partition coefficient (Wildman–Crippen LogP) is 5.37. The molecule has 7 nitrogen and oxygen atoms in total. The minimum Gasteiger partial charge on any atom is -0.494 e. The zero-order chi connectivity index (χ0) is 24.6. The van der Waals surface area contributed by atoms with E-state index < -0.39 is 0 Å². The summed E-state index contributed by atoms with van der Waals surface area (Å²) in [5.41, 5.74) is 5.37. The molecule has 1 amide bonds. The number of aryl methyl sites for hydroxylation is 3. The van der Waals surface area contributed by atoms with Crippen molar-refractivity contribution in [2.45, 2.75) is 39.2 Å². The third-order valence-electron chi connectivity index (χ3n) is 7.12. The van der Waals surface area contributed by atoms with Gasteiger partial charge in [0.1, 0.15) is 11.6 Å².